The molecule has 1 aliphatic rings. The van der Waals surface area contributed by atoms with Crippen molar-refractivity contribution < 1.29 is 9.47 Å². The van der Waals surface area contributed by atoms with Crippen molar-refractivity contribution in [2.45, 2.75) is 19.3 Å². The van der Waals surface area contributed by atoms with Crippen LogP contribution >= 0.6 is 0 Å². The minimum atomic E-state index is 0.696. The summed E-state index contributed by atoms with van der Waals surface area (Å²) in [6.45, 7) is 6.82. The first-order chi connectivity index (χ1) is 7.93. The van der Waals surface area contributed by atoms with Crippen molar-refractivity contribution in [3.05, 3.63) is 0 Å². The van der Waals surface area contributed by atoms with Crippen molar-refractivity contribution >= 4 is 0 Å². The quantitative estimate of drug-likeness (QED) is 0.570. The maximum absolute atomic E-state index is 5.39. The van der Waals surface area contributed by atoms with Gasteiger partial charge in [0.1, 0.15) is 0 Å². The van der Waals surface area contributed by atoms with Crippen molar-refractivity contribution in [3.8, 4) is 0 Å². The van der Waals surface area contributed by atoms with Crippen LogP contribution in [0, 0.1) is 5.92 Å². The normalized spacial score (nSPS) is 21.2. The molecule has 96 valence electrons. The van der Waals surface area contributed by atoms with E-state index >= 15 is 0 Å². The molecule has 16 heavy (non-hydrogen) atoms. The second kappa shape index (κ2) is 10.0. The monoisotopic (exact) mass is 230 g/mol. The number of hydrogen-bond acceptors (Lipinski definition) is 4. The molecule has 1 atom stereocenters. The Hall–Kier alpha value is -0.160. The SMILES string of the molecule is COCCOCCCNCC1CCCNC1. The molecule has 0 bridgehead atoms. The van der Waals surface area contributed by atoms with Gasteiger partial charge in [0, 0.05) is 13.7 Å². The van der Waals surface area contributed by atoms with E-state index in [9.17, 15) is 0 Å². The third-order valence-electron chi connectivity index (χ3n) is 2.91. The van der Waals surface area contributed by atoms with Crippen molar-refractivity contribution in [1.82, 2.24) is 10.6 Å². The molecule has 1 heterocycles. The number of rotatable bonds is 9. The fourth-order valence-electron chi connectivity index (χ4n) is 1.95. The molecule has 0 amide bonds. The van der Waals surface area contributed by atoms with Gasteiger partial charge in [-0.3, -0.25) is 0 Å². The topological polar surface area (TPSA) is 42.5 Å². The molecule has 1 rings (SSSR count). The van der Waals surface area contributed by atoms with Crippen molar-refractivity contribution in [3.63, 3.8) is 0 Å². The van der Waals surface area contributed by atoms with Crippen LogP contribution < -0.4 is 10.6 Å². The summed E-state index contributed by atoms with van der Waals surface area (Å²) in [7, 11) is 1.70. The molecule has 0 saturated carbocycles. The Labute approximate surface area is 99.1 Å². The number of hydrogen-bond donors (Lipinski definition) is 2. The fraction of sp³-hybridized carbons (Fsp3) is 1.00. The van der Waals surface area contributed by atoms with Crippen LogP contribution in [0.5, 0.6) is 0 Å². The van der Waals surface area contributed by atoms with E-state index < -0.39 is 0 Å². The highest BCUT2D eigenvalue weighted by molar-refractivity contribution is 4.70. The summed E-state index contributed by atoms with van der Waals surface area (Å²) in [6.07, 6.45) is 3.78. The van der Waals surface area contributed by atoms with Gasteiger partial charge in [-0.2, -0.15) is 0 Å². The van der Waals surface area contributed by atoms with Gasteiger partial charge in [0.2, 0.25) is 0 Å². The van der Waals surface area contributed by atoms with Crippen LogP contribution in [0.1, 0.15) is 19.3 Å². The Bertz CT molecular complexity index is 150. The molecule has 0 aromatic carbocycles. The Morgan fingerprint density at radius 1 is 1.31 bits per heavy atom. The van der Waals surface area contributed by atoms with E-state index in [0.717, 1.165) is 32.0 Å². The van der Waals surface area contributed by atoms with E-state index in [-0.39, 0.29) is 0 Å². The van der Waals surface area contributed by atoms with Gasteiger partial charge in [0.25, 0.3) is 0 Å². The second-order valence-electron chi connectivity index (χ2n) is 4.38. The number of nitrogens with one attached hydrogen (secondary N) is 2. The summed E-state index contributed by atoms with van der Waals surface area (Å²) in [6, 6.07) is 0. The maximum Gasteiger partial charge on any atom is 0.0700 e. The van der Waals surface area contributed by atoms with E-state index in [2.05, 4.69) is 10.6 Å². The van der Waals surface area contributed by atoms with Crippen LogP contribution in [0.3, 0.4) is 0 Å². The molecule has 0 spiro atoms. The number of ether oxygens (including phenoxy) is 2. The molecule has 0 aliphatic carbocycles. The van der Waals surface area contributed by atoms with Gasteiger partial charge in [0.05, 0.1) is 13.2 Å². The zero-order valence-corrected chi connectivity index (χ0v) is 10.5. The van der Waals surface area contributed by atoms with Crippen LogP contribution in [0.25, 0.3) is 0 Å². The lowest BCUT2D eigenvalue weighted by molar-refractivity contribution is 0.0694. The molecule has 1 fully saturated rings. The predicted octanol–water partition coefficient (Wildman–Crippen LogP) is 0.629. The second-order valence-corrected chi connectivity index (χ2v) is 4.38. The highest BCUT2D eigenvalue weighted by Gasteiger charge is 2.11. The summed E-state index contributed by atoms with van der Waals surface area (Å²) in [5, 5.41) is 6.93. The molecule has 0 aromatic rings. The number of piperidine rings is 1. The predicted molar refractivity (Wildman–Crippen MR) is 65.8 cm³/mol. The summed E-state index contributed by atoms with van der Waals surface area (Å²) < 4.78 is 10.3. The first-order valence-corrected chi connectivity index (χ1v) is 6.41. The van der Waals surface area contributed by atoms with E-state index in [1.54, 1.807) is 7.11 Å². The van der Waals surface area contributed by atoms with Gasteiger partial charge in [-0.05, 0) is 51.4 Å². The van der Waals surface area contributed by atoms with Crippen LogP contribution in [0.4, 0.5) is 0 Å². The highest BCUT2D eigenvalue weighted by Crippen LogP contribution is 2.07. The molecule has 4 heteroatoms. The van der Waals surface area contributed by atoms with Gasteiger partial charge in [-0.1, -0.05) is 0 Å². The maximum atomic E-state index is 5.39. The highest BCUT2D eigenvalue weighted by atomic mass is 16.5. The Morgan fingerprint density at radius 3 is 3.00 bits per heavy atom. The van der Waals surface area contributed by atoms with E-state index in [0.29, 0.717) is 13.2 Å². The summed E-state index contributed by atoms with van der Waals surface area (Å²) in [5.74, 6) is 0.822. The van der Waals surface area contributed by atoms with E-state index in [1.165, 1.54) is 25.9 Å². The third-order valence-corrected chi connectivity index (χ3v) is 2.91. The van der Waals surface area contributed by atoms with Crippen molar-refractivity contribution in [2.24, 2.45) is 5.92 Å². The zero-order valence-electron chi connectivity index (χ0n) is 10.5. The molecule has 0 radical (unpaired) electrons. The summed E-state index contributed by atoms with van der Waals surface area (Å²) >= 11 is 0. The summed E-state index contributed by atoms with van der Waals surface area (Å²) in [4.78, 5) is 0. The molecule has 1 unspecified atom stereocenters. The largest absolute Gasteiger partial charge is 0.382 e. The Balaban J connectivity index is 1.77. The average Bonchev–Trinajstić information content (AvgIpc) is 2.34. The lowest BCUT2D eigenvalue weighted by Crippen LogP contribution is -2.36. The van der Waals surface area contributed by atoms with E-state index in [4.69, 9.17) is 9.47 Å². The van der Waals surface area contributed by atoms with Gasteiger partial charge in [-0.15, -0.1) is 0 Å². The first kappa shape index (κ1) is 13.9. The molecular formula is C12H26N2O2. The minimum absolute atomic E-state index is 0.696. The minimum Gasteiger partial charge on any atom is -0.382 e. The zero-order chi connectivity index (χ0) is 11.5. The first-order valence-electron chi connectivity index (χ1n) is 6.41. The smallest absolute Gasteiger partial charge is 0.0700 e. The van der Waals surface area contributed by atoms with Crippen LogP contribution in [0.2, 0.25) is 0 Å². The molecular weight excluding hydrogens is 204 g/mol. The lowest BCUT2D eigenvalue weighted by Gasteiger charge is -2.22. The van der Waals surface area contributed by atoms with Crippen molar-refractivity contribution in [1.29, 1.82) is 0 Å². The Morgan fingerprint density at radius 2 is 2.25 bits per heavy atom. The van der Waals surface area contributed by atoms with Gasteiger partial charge in [-0.25, -0.2) is 0 Å². The standard InChI is InChI=1S/C12H26N2O2/c1-15-8-9-16-7-3-6-14-11-12-4-2-5-13-10-12/h12-14H,2-11H2,1H3. The number of methoxy groups -OCH3 is 1. The van der Waals surface area contributed by atoms with Crippen molar-refractivity contribution in [2.75, 3.05) is 53.1 Å². The van der Waals surface area contributed by atoms with Crippen LogP contribution in [0.15, 0.2) is 0 Å². The van der Waals surface area contributed by atoms with Gasteiger partial charge < -0.3 is 20.1 Å². The molecule has 2 N–H and O–H groups in total. The van der Waals surface area contributed by atoms with Gasteiger partial charge >= 0.3 is 0 Å². The third kappa shape index (κ3) is 7.17. The molecule has 1 aliphatic heterocycles. The van der Waals surface area contributed by atoms with Crippen LogP contribution in [-0.4, -0.2) is 53.1 Å². The molecule has 4 nitrogen and oxygen atoms in total. The Kier molecular flexibility index (Phi) is 8.71. The van der Waals surface area contributed by atoms with E-state index in [1.807, 2.05) is 0 Å². The molecule has 0 aromatic heterocycles. The van der Waals surface area contributed by atoms with Crippen LogP contribution in [-0.2, 0) is 9.47 Å². The summed E-state index contributed by atoms with van der Waals surface area (Å²) in [5.41, 5.74) is 0. The average molecular weight is 230 g/mol. The van der Waals surface area contributed by atoms with Gasteiger partial charge in [0.15, 0.2) is 0 Å². The lowest BCUT2D eigenvalue weighted by atomic mass is 10.00. The fourth-order valence-corrected chi connectivity index (χ4v) is 1.95. The molecule has 1 saturated heterocycles.